The minimum absolute atomic E-state index is 0.0521. The van der Waals surface area contributed by atoms with Crippen LogP contribution in [0.4, 0.5) is 11.8 Å². The average molecular weight is 333 g/mol. The Morgan fingerprint density at radius 1 is 1.33 bits per heavy atom. The third-order valence-electron chi connectivity index (χ3n) is 5.36. The normalized spacial score (nSPS) is 27.3. The Hall–Kier alpha value is -1.89. The van der Waals surface area contributed by atoms with E-state index in [9.17, 15) is 9.90 Å². The van der Waals surface area contributed by atoms with Gasteiger partial charge >= 0.3 is 0 Å². The van der Waals surface area contributed by atoms with E-state index in [2.05, 4.69) is 41.4 Å². The minimum atomic E-state index is -0.557. The third kappa shape index (κ3) is 3.61. The molecular formula is C17H27N5O2. The van der Waals surface area contributed by atoms with Crippen molar-refractivity contribution >= 4 is 17.7 Å². The van der Waals surface area contributed by atoms with Gasteiger partial charge in [0.15, 0.2) is 0 Å². The maximum absolute atomic E-state index is 11.7. The van der Waals surface area contributed by atoms with Crippen molar-refractivity contribution in [1.82, 2.24) is 9.97 Å². The molecule has 0 radical (unpaired) electrons. The van der Waals surface area contributed by atoms with Crippen LogP contribution in [-0.2, 0) is 0 Å². The Morgan fingerprint density at radius 3 is 2.62 bits per heavy atom. The molecule has 5 N–H and O–H groups in total. The lowest BCUT2D eigenvalue weighted by atomic mass is 9.73. The van der Waals surface area contributed by atoms with Gasteiger partial charge in [-0.1, -0.05) is 13.8 Å². The second-order valence-corrected chi connectivity index (χ2v) is 8.13. The van der Waals surface area contributed by atoms with Crippen LogP contribution in [0.2, 0.25) is 0 Å². The Morgan fingerprint density at radius 2 is 2.04 bits per heavy atom. The molecule has 1 amide bonds. The van der Waals surface area contributed by atoms with E-state index in [1.54, 1.807) is 0 Å². The highest BCUT2D eigenvalue weighted by molar-refractivity contribution is 5.97. The first-order chi connectivity index (χ1) is 11.2. The molecule has 3 rings (SSSR count). The van der Waals surface area contributed by atoms with E-state index < -0.39 is 5.91 Å². The molecule has 132 valence electrons. The van der Waals surface area contributed by atoms with Crippen molar-refractivity contribution in [1.29, 1.82) is 0 Å². The summed E-state index contributed by atoms with van der Waals surface area (Å²) in [6.07, 6.45) is 5.69. The second kappa shape index (κ2) is 5.88. The van der Waals surface area contributed by atoms with Crippen molar-refractivity contribution in [3.05, 3.63) is 11.8 Å². The van der Waals surface area contributed by atoms with Crippen LogP contribution in [0, 0.1) is 5.41 Å². The first kappa shape index (κ1) is 17.0. The highest BCUT2D eigenvalue weighted by atomic mass is 16.3. The van der Waals surface area contributed by atoms with Crippen LogP contribution < -0.4 is 16.4 Å². The number of amides is 1. The predicted octanol–water partition coefficient (Wildman–Crippen LogP) is 1.89. The van der Waals surface area contributed by atoms with Crippen molar-refractivity contribution in [2.45, 2.75) is 70.6 Å². The molecular weight excluding hydrogens is 306 g/mol. The van der Waals surface area contributed by atoms with E-state index in [-0.39, 0.29) is 28.7 Å². The van der Waals surface area contributed by atoms with Crippen molar-refractivity contribution in [2.75, 3.05) is 10.6 Å². The van der Waals surface area contributed by atoms with E-state index >= 15 is 0 Å². The summed E-state index contributed by atoms with van der Waals surface area (Å²) in [5.74, 6) is 0.388. The van der Waals surface area contributed by atoms with Gasteiger partial charge in [0.25, 0.3) is 5.91 Å². The summed E-state index contributed by atoms with van der Waals surface area (Å²) in [5, 5.41) is 16.9. The SMILES string of the molecule is CC1(Nc2ncc(C(N)=O)c(N[C@H]3CCC(C)(C)[C@@H](O)C3)n2)CC1. The number of rotatable bonds is 5. The zero-order chi connectivity index (χ0) is 17.5. The largest absolute Gasteiger partial charge is 0.392 e. The molecule has 2 saturated carbocycles. The molecule has 0 unspecified atom stereocenters. The number of anilines is 2. The zero-order valence-electron chi connectivity index (χ0n) is 14.6. The first-order valence-corrected chi connectivity index (χ1v) is 8.58. The number of hydrogen-bond acceptors (Lipinski definition) is 6. The van der Waals surface area contributed by atoms with Gasteiger partial charge < -0.3 is 21.5 Å². The highest BCUT2D eigenvalue weighted by Gasteiger charge is 2.38. The summed E-state index contributed by atoms with van der Waals surface area (Å²) in [7, 11) is 0. The molecule has 1 aromatic heterocycles. The lowest BCUT2D eigenvalue weighted by molar-refractivity contribution is 0.00912. The number of nitrogens with zero attached hydrogens (tertiary/aromatic N) is 2. The van der Waals surface area contributed by atoms with Crippen molar-refractivity contribution in [3.63, 3.8) is 0 Å². The van der Waals surface area contributed by atoms with Crippen molar-refractivity contribution in [2.24, 2.45) is 11.1 Å². The van der Waals surface area contributed by atoms with E-state index in [1.165, 1.54) is 6.20 Å². The van der Waals surface area contributed by atoms with Gasteiger partial charge in [0.2, 0.25) is 5.95 Å². The van der Waals surface area contributed by atoms with Crippen LogP contribution in [0.3, 0.4) is 0 Å². The van der Waals surface area contributed by atoms with Gasteiger partial charge in [-0.05, 0) is 44.4 Å². The Labute approximate surface area is 142 Å². The maximum Gasteiger partial charge on any atom is 0.254 e. The Balaban J connectivity index is 1.77. The summed E-state index contributed by atoms with van der Waals surface area (Å²) in [4.78, 5) is 20.3. The molecule has 0 aliphatic heterocycles. The quantitative estimate of drug-likeness (QED) is 0.654. The number of hydrogen-bond donors (Lipinski definition) is 4. The molecule has 7 nitrogen and oxygen atoms in total. The third-order valence-corrected chi connectivity index (χ3v) is 5.36. The van der Waals surface area contributed by atoms with E-state index in [0.29, 0.717) is 18.2 Å². The number of carbonyl (C=O) groups excluding carboxylic acids is 1. The summed E-state index contributed by atoms with van der Waals surface area (Å²) in [6.45, 7) is 6.27. The predicted molar refractivity (Wildman–Crippen MR) is 92.9 cm³/mol. The Kier molecular flexibility index (Phi) is 4.15. The summed E-state index contributed by atoms with van der Waals surface area (Å²) in [5.41, 5.74) is 5.70. The van der Waals surface area contributed by atoms with Crippen LogP contribution in [-0.4, -0.2) is 38.7 Å². The molecule has 0 spiro atoms. The summed E-state index contributed by atoms with van der Waals surface area (Å²) >= 11 is 0. The smallest absolute Gasteiger partial charge is 0.254 e. The molecule has 2 atom stereocenters. The molecule has 2 aliphatic rings. The van der Waals surface area contributed by atoms with Crippen LogP contribution in [0.5, 0.6) is 0 Å². The molecule has 2 fully saturated rings. The molecule has 7 heteroatoms. The lowest BCUT2D eigenvalue weighted by Gasteiger charge is -2.39. The van der Waals surface area contributed by atoms with Gasteiger partial charge in [-0.2, -0.15) is 4.98 Å². The number of primary amides is 1. The van der Waals surface area contributed by atoms with Gasteiger partial charge in [0.1, 0.15) is 5.82 Å². The monoisotopic (exact) mass is 333 g/mol. The lowest BCUT2D eigenvalue weighted by Crippen LogP contribution is -2.41. The molecule has 0 bridgehead atoms. The fourth-order valence-electron chi connectivity index (χ4n) is 3.06. The van der Waals surface area contributed by atoms with Gasteiger partial charge in [0, 0.05) is 17.8 Å². The molecule has 24 heavy (non-hydrogen) atoms. The van der Waals surface area contributed by atoms with Gasteiger partial charge in [-0.3, -0.25) is 4.79 Å². The van der Waals surface area contributed by atoms with Crippen molar-refractivity contribution < 1.29 is 9.90 Å². The van der Waals surface area contributed by atoms with Gasteiger partial charge in [-0.15, -0.1) is 0 Å². The van der Waals surface area contributed by atoms with Gasteiger partial charge in [0.05, 0.1) is 11.7 Å². The average Bonchev–Trinajstić information content (AvgIpc) is 3.20. The van der Waals surface area contributed by atoms with E-state index in [0.717, 1.165) is 25.7 Å². The zero-order valence-corrected chi connectivity index (χ0v) is 14.6. The topological polar surface area (TPSA) is 113 Å². The number of nitrogens with two attached hydrogens (primary N) is 1. The van der Waals surface area contributed by atoms with Crippen LogP contribution >= 0.6 is 0 Å². The summed E-state index contributed by atoms with van der Waals surface area (Å²) in [6, 6.07) is 0.0605. The number of nitrogens with one attached hydrogen (secondary N) is 2. The summed E-state index contributed by atoms with van der Waals surface area (Å²) < 4.78 is 0. The first-order valence-electron chi connectivity index (χ1n) is 8.58. The molecule has 0 saturated heterocycles. The van der Waals surface area contributed by atoms with Crippen LogP contribution in [0.15, 0.2) is 6.20 Å². The fraction of sp³-hybridized carbons (Fsp3) is 0.706. The number of aromatic nitrogens is 2. The number of aliphatic hydroxyl groups excluding tert-OH is 1. The maximum atomic E-state index is 11.7. The Bertz CT molecular complexity index is 642. The fourth-order valence-corrected chi connectivity index (χ4v) is 3.06. The molecule has 1 heterocycles. The molecule has 2 aliphatic carbocycles. The number of aliphatic hydroxyl groups is 1. The second-order valence-electron chi connectivity index (χ2n) is 8.13. The number of carbonyl (C=O) groups is 1. The van der Waals surface area contributed by atoms with Gasteiger partial charge in [-0.25, -0.2) is 4.98 Å². The minimum Gasteiger partial charge on any atom is -0.392 e. The van der Waals surface area contributed by atoms with Crippen LogP contribution in [0.1, 0.15) is 63.2 Å². The van der Waals surface area contributed by atoms with Crippen molar-refractivity contribution in [3.8, 4) is 0 Å². The van der Waals surface area contributed by atoms with E-state index in [1.807, 2.05) is 0 Å². The standard InChI is InChI=1S/C17H27N5O2/c1-16(2)5-4-10(8-12(16)23)20-14-11(13(18)24)9-19-15(21-14)22-17(3)6-7-17/h9-10,12,23H,4-8H2,1-3H3,(H2,18,24)(H2,19,20,21,22)/t10-,12-/m0/s1. The molecule has 0 aromatic carbocycles. The van der Waals surface area contributed by atoms with Crippen LogP contribution in [0.25, 0.3) is 0 Å². The van der Waals surface area contributed by atoms with E-state index in [4.69, 9.17) is 5.73 Å². The molecule has 1 aromatic rings. The highest BCUT2D eigenvalue weighted by Crippen LogP contribution is 2.38.